The standard InChI is InChI=1S/C13H12ClNO5/c1-15-6-12(10(16)4-8(15)5-14)19-7-9-2-3-11(20-9)13(17)18/h2-4,6H,5,7H2,1H3,(H,17,18). The van der Waals surface area contributed by atoms with E-state index in [1.807, 2.05) is 0 Å². The molecule has 2 rings (SSSR count). The molecule has 6 nitrogen and oxygen atoms in total. The van der Waals surface area contributed by atoms with E-state index in [0.717, 1.165) is 0 Å². The van der Waals surface area contributed by atoms with Crippen molar-refractivity contribution < 1.29 is 19.1 Å². The van der Waals surface area contributed by atoms with E-state index in [1.54, 1.807) is 11.6 Å². The topological polar surface area (TPSA) is 81.7 Å². The highest BCUT2D eigenvalue weighted by atomic mass is 35.5. The van der Waals surface area contributed by atoms with Crippen molar-refractivity contribution >= 4 is 17.6 Å². The number of ether oxygens (including phenoxy) is 1. The molecule has 0 radical (unpaired) electrons. The van der Waals surface area contributed by atoms with Crippen LogP contribution in [-0.4, -0.2) is 15.6 Å². The number of nitrogens with zero attached hydrogens (tertiary/aromatic N) is 1. The Morgan fingerprint density at radius 1 is 1.50 bits per heavy atom. The minimum absolute atomic E-state index is 0.0251. The first-order valence-corrected chi connectivity index (χ1v) is 6.25. The lowest BCUT2D eigenvalue weighted by Gasteiger charge is -2.09. The van der Waals surface area contributed by atoms with Crippen LogP contribution in [0.1, 0.15) is 22.0 Å². The number of aromatic nitrogens is 1. The van der Waals surface area contributed by atoms with Crippen LogP contribution in [0, 0.1) is 0 Å². The first-order chi connectivity index (χ1) is 9.51. The number of hydrogen-bond donors (Lipinski definition) is 1. The van der Waals surface area contributed by atoms with Gasteiger partial charge < -0.3 is 18.8 Å². The van der Waals surface area contributed by atoms with Gasteiger partial charge in [0.25, 0.3) is 0 Å². The van der Waals surface area contributed by atoms with Gasteiger partial charge in [0.2, 0.25) is 11.2 Å². The zero-order chi connectivity index (χ0) is 14.7. The van der Waals surface area contributed by atoms with E-state index in [1.165, 1.54) is 24.4 Å². The minimum Gasteiger partial charge on any atom is -0.480 e. The van der Waals surface area contributed by atoms with E-state index in [0.29, 0.717) is 11.5 Å². The second-order valence-corrected chi connectivity index (χ2v) is 4.36. The van der Waals surface area contributed by atoms with Crippen molar-refractivity contribution in [1.82, 2.24) is 4.57 Å². The van der Waals surface area contributed by atoms with Gasteiger partial charge in [-0.25, -0.2) is 4.79 Å². The van der Waals surface area contributed by atoms with Gasteiger partial charge in [0.1, 0.15) is 12.4 Å². The Hall–Kier alpha value is -2.21. The monoisotopic (exact) mass is 297 g/mol. The van der Waals surface area contributed by atoms with E-state index < -0.39 is 5.97 Å². The van der Waals surface area contributed by atoms with Crippen molar-refractivity contribution in [2.24, 2.45) is 7.05 Å². The van der Waals surface area contributed by atoms with Gasteiger partial charge in [0.15, 0.2) is 5.75 Å². The molecule has 0 aliphatic rings. The maximum atomic E-state index is 11.8. The third-order valence-electron chi connectivity index (χ3n) is 2.68. The third-order valence-corrected chi connectivity index (χ3v) is 2.96. The van der Waals surface area contributed by atoms with Crippen LogP contribution in [0.4, 0.5) is 0 Å². The average Bonchev–Trinajstić information content (AvgIpc) is 2.88. The predicted molar refractivity (Wildman–Crippen MR) is 71.2 cm³/mol. The first kappa shape index (κ1) is 14.2. The van der Waals surface area contributed by atoms with Crippen LogP contribution in [0.2, 0.25) is 0 Å². The highest BCUT2D eigenvalue weighted by Gasteiger charge is 2.10. The highest BCUT2D eigenvalue weighted by Crippen LogP contribution is 2.12. The summed E-state index contributed by atoms with van der Waals surface area (Å²) in [6.07, 6.45) is 1.53. The summed E-state index contributed by atoms with van der Waals surface area (Å²) in [7, 11) is 1.75. The molecule has 0 aliphatic carbocycles. The number of rotatable bonds is 5. The van der Waals surface area contributed by atoms with Crippen LogP contribution in [0.15, 0.2) is 33.6 Å². The molecule has 0 saturated carbocycles. The van der Waals surface area contributed by atoms with E-state index in [9.17, 15) is 9.59 Å². The summed E-state index contributed by atoms with van der Waals surface area (Å²) in [6.45, 7) is -0.0251. The third kappa shape index (κ3) is 3.03. The number of halogens is 1. The molecular weight excluding hydrogens is 286 g/mol. The lowest BCUT2D eigenvalue weighted by molar-refractivity contribution is 0.0658. The lowest BCUT2D eigenvalue weighted by atomic mass is 10.3. The quantitative estimate of drug-likeness (QED) is 0.854. The Labute approximate surface area is 119 Å². The molecule has 0 aromatic carbocycles. The van der Waals surface area contributed by atoms with E-state index >= 15 is 0 Å². The summed E-state index contributed by atoms with van der Waals surface area (Å²) in [6, 6.07) is 4.21. The number of alkyl halides is 1. The molecule has 2 heterocycles. The minimum atomic E-state index is -1.15. The largest absolute Gasteiger partial charge is 0.480 e. The molecule has 2 aromatic heterocycles. The molecule has 0 amide bonds. The Balaban J connectivity index is 2.12. The molecule has 0 atom stereocenters. The molecule has 7 heteroatoms. The maximum Gasteiger partial charge on any atom is 0.371 e. The molecule has 0 aliphatic heterocycles. The van der Waals surface area contributed by atoms with Crippen LogP contribution in [0.3, 0.4) is 0 Å². The fourth-order valence-electron chi connectivity index (χ4n) is 1.61. The van der Waals surface area contributed by atoms with Gasteiger partial charge in [-0.15, -0.1) is 11.6 Å². The van der Waals surface area contributed by atoms with Gasteiger partial charge in [-0.3, -0.25) is 4.79 Å². The van der Waals surface area contributed by atoms with Crippen molar-refractivity contribution in [1.29, 1.82) is 0 Å². The number of aromatic carboxylic acids is 1. The zero-order valence-electron chi connectivity index (χ0n) is 10.6. The van der Waals surface area contributed by atoms with E-state index in [4.69, 9.17) is 25.9 Å². The summed E-state index contributed by atoms with van der Waals surface area (Å²) in [5.74, 6) is -0.625. The van der Waals surface area contributed by atoms with Gasteiger partial charge in [-0.1, -0.05) is 0 Å². The second kappa shape index (κ2) is 5.83. The van der Waals surface area contributed by atoms with E-state index in [2.05, 4.69) is 0 Å². The Morgan fingerprint density at radius 3 is 2.85 bits per heavy atom. The average molecular weight is 298 g/mol. The zero-order valence-corrected chi connectivity index (χ0v) is 11.4. The number of carboxylic acids is 1. The summed E-state index contributed by atoms with van der Waals surface area (Å²) < 4.78 is 12.0. The fraction of sp³-hybridized carbons (Fsp3) is 0.231. The number of pyridine rings is 1. The second-order valence-electron chi connectivity index (χ2n) is 4.10. The van der Waals surface area contributed by atoms with Crippen molar-refractivity contribution in [2.45, 2.75) is 12.5 Å². The van der Waals surface area contributed by atoms with Crippen LogP contribution in [-0.2, 0) is 19.5 Å². The summed E-state index contributed by atoms with van der Waals surface area (Å²) in [4.78, 5) is 22.4. The number of carbonyl (C=O) groups is 1. The van der Waals surface area contributed by atoms with Crippen LogP contribution in [0.5, 0.6) is 5.75 Å². The van der Waals surface area contributed by atoms with Gasteiger partial charge in [-0.2, -0.15) is 0 Å². The molecule has 0 saturated heterocycles. The van der Waals surface area contributed by atoms with Gasteiger partial charge >= 0.3 is 5.97 Å². The molecule has 0 unspecified atom stereocenters. The van der Waals surface area contributed by atoms with E-state index in [-0.39, 0.29) is 29.4 Å². The molecule has 2 aromatic rings. The number of aryl methyl sites for hydroxylation is 1. The van der Waals surface area contributed by atoms with Crippen LogP contribution in [0.25, 0.3) is 0 Å². The smallest absolute Gasteiger partial charge is 0.371 e. The predicted octanol–water partition coefficient (Wildman–Crippen LogP) is 1.99. The molecule has 0 spiro atoms. The molecular formula is C13H12ClNO5. The Kier molecular flexibility index (Phi) is 4.14. The Bertz CT molecular complexity index is 688. The number of carboxylic acid groups (broad SMARTS) is 1. The van der Waals surface area contributed by atoms with Gasteiger partial charge in [0.05, 0.1) is 12.1 Å². The van der Waals surface area contributed by atoms with Crippen molar-refractivity contribution in [2.75, 3.05) is 0 Å². The van der Waals surface area contributed by atoms with Gasteiger partial charge in [0, 0.05) is 18.8 Å². The summed E-state index contributed by atoms with van der Waals surface area (Å²) >= 11 is 5.69. The van der Waals surface area contributed by atoms with Gasteiger partial charge in [-0.05, 0) is 12.1 Å². The molecule has 0 bridgehead atoms. The fourth-order valence-corrected chi connectivity index (χ4v) is 1.87. The van der Waals surface area contributed by atoms with Crippen molar-refractivity contribution in [3.63, 3.8) is 0 Å². The normalized spacial score (nSPS) is 10.5. The van der Waals surface area contributed by atoms with Crippen molar-refractivity contribution in [3.05, 3.63) is 51.8 Å². The van der Waals surface area contributed by atoms with Crippen LogP contribution < -0.4 is 10.2 Å². The number of hydrogen-bond acceptors (Lipinski definition) is 4. The Morgan fingerprint density at radius 2 is 2.25 bits per heavy atom. The molecule has 0 fully saturated rings. The maximum absolute atomic E-state index is 11.8. The SMILES string of the molecule is Cn1cc(OCc2ccc(C(=O)O)o2)c(=O)cc1CCl. The highest BCUT2D eigenvalue weighted by molar-refractivity contribution is 6.16. The number of furan rings is 1. The lowest BCUT2D eigenvalue weighted by Crippen LogP contribution is -2.12. The molecule has 106 valence electrons. The van der Waals surface area contributed by atoms with Crippen LogP contribution >= 0.6 is 11.6 Å². The van der Waals surface area contributed by atoms with Crippen molar-refractivity contribution in [3.8, 4) is 5.75 Å². The molecule has 1 N–H and O–H groups in total. The summed E-state index contributed by atoms with van der Waals surface area (Å²) in [5, 5.41) is 8.72. The molecule has 20 heavy (non-hydrogen) atoms. The first-order valence-electron chi connectivity index (χ1n) is 5.71. The summed E-state index contributed by atoms with van der Waals surface area (Å²) in [5.41, 5.74) is 0.388.